The van der Waals surface area contributed by atoms with Crippen LogP contribution < -0.4 is 10.6 Å². The largest absolute Gasteiger partial charge is 0.355 e. The van der Waals surface area contributed by atoms with E-state index in [9.17, 15) is 19.7 Å². The minimum atomic E-state index is -0.749. The standard InChI is InChI=1S/C12H19N3O5S/c16-11(10-6-14-12(17)21-10)13-5-8-1-3-9(4-2-8)7-20-15(18)19/h8-10H,1-7H2,(H,13,16)(H,14,17). The van der Waals surface area contributed by atoms with E-state index in [1.54, 1.807) is 0 Å². The van der Waals surface area contributed by atoms with E-state index >= 15 is 0 Å². The fourth-order valence-electron chi connectivity index (χ4n) is 2.66. The molecule has 0 aromatic heterocycles. The van der Waals surface area contributed by atoms with Crippen LogP contribution in [0.15, 0.2) is 0 Å². The minimum Gasteiger partial charge on any atom is -0.355 e. The zero-order chi connectivity index (χ0) is 15.2. The predicted octanol–water partition coefficient (Wildman–Crippen LogP) is 0.942. The second-order valence-corrected chi connectivity index (χ2v) is 6.60. The molecule has 0 radical (unpaired) electrons. The minimum absolute atomic E-state index is 0.0999. The molecule has 9 heteroatoms. The molecule has 2 N–H and O–H groups in total. The van der Waals surface area contributed by atoms with Crippen LogP contribution in [0, 0.1) is 22.0 Å². The summed E-state index contributed by atoms with van der Waals surface area (Å²) in [5.74, 6) is 0.530. The molecule has 0 bridgehead atoms. The van der Waals surface area contributed by atoms with E-state index in [0.717, 1.165) is 37.4 Å². The molecule has 2 rings (SSSR count). The highest BCUT2D eigenvalue weighted by atomic mass is 32.2. The number of hydrogen-bond acceptors (Lipinski definition) is 6. The summed E-state index contributed by atoms with van der Waals surface area (Å²) >= 11 is 1.03. The summed E-state index contributed by atoms with van der Waals surface area (Å²) in [5, 5.41) is 14.4. The van der Waals surface area contributed by atoms with Gasteiger partial charge in [0.25, 0.3) is 10.3 Å². The van der Waals surface area contributed by atoms with Crippen molar-refractivity contribution < 1.29 is 19.5 Å². The summed E-state index contributed by atoms with van der Waals surface area (Å²) < 4.78 is 0. The molecule has 0 aromatic rings. The van der Waals surface area contributed by atoms with Gasteiger partial charge in [0, 0.05) is 13.1 Å². The van der Waals surface area contributed by atoms with Gasteiger partial charge in [-0.05, 0) is 49.3 Å². The molecular formula is C12H19N3O5S. The SMILES string of the molecule is O=C1NCC(C(=O)NCC2CCC(CO[N+](=O)[O-])CC2)S1. The van der Waals surface area contributed by atoms with Gasteiger partial charge in [-0.15, -0.1) is 10.1 Å². The van der Waals surface area contributed by atoms with Crippen LogP contribution in [0.4, 0.5) is 4.79 Å². The Kier molecular flexibility index (Phi) is 5.66. The maximum Gasteiger partial charge on any atom is 0.294 e. The summed E-state index contributed by atoms with van der Waals surface area (Å²) in [4.78, 5) is 37.4. The molecule has 1 atom stereocenters. The van der Waals surface area contributed by atoms with Gasteiger partial charge in [-0.3, -0.25) is 9.59 Å². The lowest BCUT2D eigenvalue weighted by atomic mass is 9.82. The number of thioether (sulfide) groups is 1. The van der Waals surface area contributed by atoms with Crippen LogP contribution in [-0.2, 0) is 9.63 Å². The Morgan fingerprint density at radius 1 is 1.38 bits per heavy atom. The molecule has 2 amide bonds. The number of nitrogens with zero attached hydrogens (tertiary/aromatic N) is 1. The van der Waals surface area contributed by atoms with E-state index in [1.165, 1.54) is 0 Å². The van der Waals surface area contributed by atoms with Crippen molar-refractivity contribution in [1.29, 1.82) is 0 Å². The molecule has 1 unspecified atom stereocenters. The summed E-state index contributed by atoms with van der Waals surface area (Å²) in [6.45, 7) is 1.16. The monoisotopic (exact) mass is 317 g/mol. The second kappa shape index (κ2) is 7.48. The summed E-state index contributed by atoms with van der Waals surface area (Å²) in [6.07, 6.45) is 3.63. The highest BCUT2D eigenvalue weighted by Crippen LogP contribution is 2.28. The Morgan fingerprint density at radius 2 is 2.05 bits per heavy atom. The Morgan fingerprint density at radius 3 is 2.62 bits per heavy atom. The van der Waals surface area contributed by atoms with Crippen LogP contribution in [0.25, 0.3) is 0 Å². The summed E-state index contributed by atoms with van der Waals surface area (Å²) in [6, 6.07) is 0. The zero-order valence-electron chi connectivity index (χ0n) is 11.6. The maximum atomic E-state index is 11.9. The number of carbonyl (C=O) groups is 2. The van der Waals surface area contributed by atoms with Crippen LogP contribution in [-0.4, -0.2) is 41.2 Å². The Labute approximate surface area is 126 Å². The van der Waals surface area contributed by atoms with Crippen LogP contribution in [0.5, 0.6) is 0 Å². The molecule has 0 aromatic carbocycles. The molecule has 1 saturated heterocycles. The lowest BCUT2D eigenvalue weighted by Gasteiger charge is -2.28. The molecule has 2 fully saturated rings. The van der Waals surface area contributed by atoms with Gasteiger partial charge < -0.3 is 15.5 Å². The molecule has 1 aliphatic carbocycles. The Hall–Kier alpha value is -1.51. The van der Waals surface area contributed by atoms with Crippen LogP contribution in [0.1, 0.15) is 25.7 Å². The van der Waals surface area contributed by atoms with E-state index in [-0.39, 0.29) is 28.9 Å². The average molecular weight is 317 g/mol. The van der Waals surface area contributed by atoms with Gasteiger partial charge in [-0.1, -0.05) is 0 Å². The fraction of sp³-hybridized carbons (Fsp3) is 0.833. The van der Waals surface area contributed by atoms with E-state index < -0.39 is 5.09 Å². The van der Waals surface area contributed by atoms with Crippen LogP contribution in [0.3, 0.4) is 0 Å². The molecule has 21 heavy (non-hydrogen) atoms. The average Bonchev–Trinajstić information content (AvgIpc) is 2.90. The van der Waals surface area contributed by atoms with Crippen molar-refractivity contribution in [3.05, 3.63) is 10.1 Å². The molecule has 8 nitrogen and oxygen atoms in total. The van der Waals surface area contributed by atoms with Crippen molar-refractivity contribution in [3.63, 3.8) is 0 Å². The quantitative estimate of drug-likeness (QED) is 0.557. The molecule has 1 heterocycles. The van der Waals surface area contributed by atoms with E-state index in [0.29, 0.717) is 19.0 Å². The zero-order valence-corrected chi connectivity index (χ0v) is 12.4. The second-order valence-electron chi connectivity index (χ2n) is 5.43. The third-order valence-corrected chi connectivity index (χ3v) is 4.94. The van der Waals surface area contributed by atoms with Crippen molar-refractivity contribution in [1.82, 2.24) is 10.6 Å². The van der Waals surface area contributed by atoms with Gasteiger partial charge in [-0.2, -0.15) is 0 Å². The van der Waals surface area contributed by atoms with Gasteiger partial charge in [0.05, 0.1) is 6.61 Å². The number of hydrogen-bond donors (Lipinski definition) is 2. The molecule has 1 saturated carbocycles. The Balaban J connectivity index is 1.61. The lowest BCUT2D eigenvalue weighted by molar-refractivity contribution is -0.759. The molecule has 2 aliphatic rings. The first-order valence-corrected chi connectivity index (χ1v) is 7.92. The van der Waals surface area contributed by atoms with E-state index in [2.05, 4.69) is 15.5 Å². The normalized spacial score (nSPS) is 28.8. The number of nitrogens with one attached hydrogen (secondary N) is 2. The molecule has 0 spiro atoms. The lowest BCUT2D eigenvalue weighted by Crippen LogP contribution is -2.38. The number of rotatable bonds is 6. The Bertz CT molecular complexity index is 412. The van der Waals surface area contributed by atoms with Gasteiger partial charge >= 0.3 is 0 Å². The molecule has 1 aliphatic heterocycles. The predicted molar refractivity (Wildman–Crippen MR) is 76.2 cm³/mol. The molecular weight excluding hydrogens is 298 g/mol. The van der Waals surface area contributed by atoms with Gasteiger partial charge in [0.15, 0.2) is 0 Å². The van der Waals surface area contributed by atoms with Crippen molar-refractivity contribution in [2.75, 3.05) is 19.7 Å². The van der Waals surface area contributed by atoms with Crippen molar-refractivity contribution in [2.45, 2.75) is 30.9 Å². The summed E-state index contributed by atoms with van der Waals surface area (Å²) in [5.41, 5.74) is 0. The third kappa shape index (κ3) is 5.07. The van der Waals surface area contributed by atoms with Gasteiger partial charge in [0.2, 0.25) is 5.91 Å². The highest BCUT2D eigenvalue weighted by molar-refractivity contribution is 8.15. The van der Waals surface area contributed by atoms with Crippen molar-refractivity contribution in [3.8, 4) is 0 Å². The first kappa shape index (κ1) is 15.9. The maximum absolute atomic E-state index is 11.9. The topological polar surface area (TPSA) is 111 Å². The van der Waals surface area contributed by atoms with Crippen molar-refractivity contribution in [2.24, 2.45) is 11.8 Å². The smallest absolute Gasteiger partial charge is 0.294 e. The first-order valence-electron chi connectivity index (χ1n) is 7.04. The van der Waals surface area contributed by atoms with E-state index in [1.807, 2.05) is 0 Å². The highest BCUT2D eigenvalue weighted by Gasteiger charge is 2.29. The van der Waals surface area contributed by atoms with Crippen molar-refractivity contribution >= 4 is 22.9 Å². The van der Waals surface area contributed by atoms with E-state index in [4.69, 9.17) is 0 Å². The fourth-order valence-corrected chi connectivity index (χ4v) is 3.44. The van der Waals surface area contributed by atoms with Crippen LogP contribution in [0.2, 0.25) is 0 Å². The number of amides is 2. The molecule has 118 valence electrons. The first-order chi connectivity index (χ1) is 10.0. The van der Waals surface area contributed by atoms with Crippen LogP contribution >= 0.6 is 11.8 Å². The number of carbonyl (C=O) groups excluding carboxylic acids is 2. The summed E-state index contributed by atoms with van der Waals surface area (Å²) in [7, 11) is 0. The third-order valence-electron chi connectivity index (χ3n) is 3.92. The van der Waals surface area contributed by atoms with Gasteiger partial charge in [0.1, 0.15) is 5.25 Å². The van der Waals surface area contributed by atoms with Gasteiger partial charge in [-0.25, -0.2) is 0 Å².